The molecule has 0 fully saturated rings. The third kappa shape index (κ3) is 2.44. The molecule has 0 aliphatic heterocycles. The van der Waals surface area contributed by atoms with Crippen LogP contribution >= 0.6 is 11.6 Å². The zero-order valence-corrected chi connectivity index (χ0v) is 9.01. The number of nitrogens with one attached hydrogen (secondary N) is 2. The highest BCUT2D eigenvalue weighted by molar-refractivity contribution is 6.32. The minimum atomic E-state index is -0.933. The van der Waals surface area contributed by atoms with Gasteiger partial charge >= 0.3 is 6.03 Å². The molecule has 0 heterocycles. The number of hydrogen-bond donors (Lipinski definition) is 1. The van der Waals surface area contributed by atoms with Gasteiger partial charge in [-0.3, -0.25) is 0 Å². The summed E-state index contributed by atoms with van der Waals surface area (Å²) in [5, 5.41) is 2.66. The minimum Gasteiger partial charge on any atom is -0.491 e. The van der Waals surface area contributed by atoms with Gasteiger partial charge in [-0.2, -0.15) is 0 Å². The van der Waals surface area contributed by atoms with Crippen molar-refractivity contribution in [2.45, 2.75) is 0 Å². The standard InChI is InChI=1S/C9H10ClN2O3/c1-14-7-5(10)3-4-6(8(7)15-2)12-9(11)13/h3-4,11H,1-2H3,(H,12,13). The van der Waals surface area contributed by atoms with Gasteiger partial charge in [0.15, 0.2) is 11.5 Å². The van der Waals surface area contributed by atoms with E-state index in [0.717, 1.165) is 0 Å². The molecular formula is C9H10ClN2O3. The predicted molar refractivity (Wildman–Crippen MR) is 56.7 cm³/mol. The maximum absolute atomic E-state index is 10.6. The molecule has 0 saturated heterocycles. The number of methoxy groups -OCH3 is 2. The largest absolute Gasteiger partial charge is 0.491 e. The molecule has 0 saturated carbocycles. The van der Waals surface area contributed by atoms with Crippen LogP contribution in [0.1, 0.15) is 0 Å². The van der Waals surface area contributed by atoms with E-state index in [-0.39, 0.29) is 0 Å². The molecular weight excluding hydrogens is 220 g/mol. The van der Waals surface area contributed by atoms with E-state index in [2.05, 4.69) is 5.32 Å². The van der Waals surface area contributed by atoms with Crippen LogP contribution in [0.3, 0.4) is 0 Å². The van der Waals surface area contributed by atoms with Gasteiger partial charge in [-0.05, 0) is 12.1 Å². The van der Waals surface area contributed by atoms with Crippen LogP contribution in [0.15, 0.2) is 12.1 Å². The Labute approximate surface area is 92.1 Å². The molecule has 0 aliphatic carbocycles. The molecule has 0 aromatic heterocycles. The normalized spacial score (nSPS) is 9.53. The summed E-state index contributed by atoms with van der Waals surface area (Å²) >= 11 is 5.85. The van der Waals surface area contributed by atoms with Gasteiger partial charge in [0.2, 0.25) is 0 Å². The van der Waals surface area contributed by atoms with Gasteiger partial charge in [-0.1, -0.05) is 11.6 Å². The predicted octanol–water partition coefficient (Wildman–Crippen LogP) is 2.17. The number of carbonyl (C=O) groups excluding carboxylic acids is 1. The molecule has 1 rings (SSSR count). The van der Waals surface area contributed by atoms with E-state index in [0.29, 0.717) is 22.2 Å². The van der Waals surface area contributed by atoms with Crippen molar-refractivity contribution in [3.8, 4) is 11.5 Å². The second-order valence-electron chi connectivity index (χ2n) is 2.62. The van der Waals surface area contributed by atoms with Gasteiger partial charge in [0, 0.05) is 0 Å². The molecule has 6 heteroatoms. The van der Waals surface area contributed by atoms with Crippen molar-refractivity contribution in [3.63, 3.8) is 0 Å². The average Bonchev–Trinajstić information content (AvgIpc) is 2.19. The Balaban J connectivity index is 3.22. The summed E-state index contributed by atoms with van der Waals surface area (Å²) in [7, 11) is 2.86. The summed E-state index contributed by atoms with van der Waals surface area (Å²) in [6, 6.07) is 2.15. The average molecular weight is 230 g/mol. The Kier molecular flexibility index (Phi) is 3.62. The van der Waals surface area contributed by atoms with Crippen LogP contribution < -0.4 is 20.5 Å². The fraction of sp³-hybridized carbons (Fsp3) is 0.222. The van der Waals surface area contributed by atoms with Crippen LogP contribution in [0.25, 0.3) is 0 Å². The van der Waals surface area contributed by atoms with Crippen molar-refractivity contribution in [2.24, 2.45) is 0 Å². The number of urea groups is 1. The first kappa shape index (κ1) is 11.5. The number of halogens is 1. The third-order valence-corrected chi connectivity index (χ3v) is 2.02. The zero-order chi connectivity index (χ0) is 11.4. The van der Waals surface area contributed by atoms with Gasteiger partial charge in [-0.25, -0.2) is 10.5 Å². The Morgan fingerprint density at radius 3 is 2.40 bits per heavy atom. The van der Waals surface area contributed by atoms with E-state index in [4.69, 9.17) is 26.8 Å². The fourth-order valence-corrected chi connectivity index (χ4v) is 1.38. The second-order valence-corrected chi connectivity index (χ2v) is 3.02. The van der Waals surface area contributed by atoms with E-state index in [9.17, 15) is 4.79 Å². The van der Waals surface area contributed by atoms with Gasteiger partial charge < -0.3 is 14.8 Å². The first-order chi connectivity index (χ1) is 7.10. The number of hydrogen-bond acceptors (Lipinski definition) is 3. The van der Waals surface area contributed by atoms with E-state index < -0.39 is 6.03 Å². The summed E-state index contributed by atoms with van der Waals surface area (Å²) < 4.78 is 10.1. The van der Waals surface area contributed by atoms with Crippen molar-refractivity contribution in [1.82, 2.24) is 5.73 Å². The molecule has 0 bridgehead atoms. The van der Waals surface area contributed by atoms with Crippen LogP contribution in [0.2, 0.25) is 5.02 Å². The van der Waals surface area contributed by atoms with E-state index in [1.807, 2.05) is 0 Å². The van der Waals surface area contributed by atoms with Crippen LogP contribution in [-0.4, -0.2) is 20.3 Å². The summed E-state index contributed by atoms with van der Waals surface area (Å²) in [5.74, 6) is 0.621. The van der Waals surface area contributed by atoms with Crippen LogP contribution in [0, 0.1) is 0 Å². The smallest absolute Gasteiger partial charge is 0.338 e. The summed E-state index contributed by atoms with van der Waals surface area (Å²) in [6.07, 6.45) is 0. The highest BCUT2D eigenvalue weighted by atomic mass is 35.5. The fourth-order valence-electron chi connectivity index (χ4n) is 1.15. The molecule has 15 heavy (non-hydrogen) atoms. The Bertz CT molecular complexity index is 382. The molecule has 81 valence electrons. The van der Waals surface area contributed by atoms with Crippen LogP contribution in [0.5, 0.6) is 11.5 Å². The Hall–Kier alpha value is -1.62. The number of amides is 2. The third-order valence-electron chi connectivity index (χ3n) is 1.72. The lowest BCUT2D eigenvalue weighted by Gasteiger charge is -2.13. The first-order valence-corrected chi connectivity index (χ1v) is 4.41. The maximum atomic E-state index is 10.6. The molecule has 1 radical (unpaired) electrons. The summed E-state index contributed by atoms with van der Waals surface area (Å²) in [5.41, 5.74) is 7.13. The second kappa shape index (κ2) is 4.75. The number of anilines is 1. The van der Waals surface area contributed by atoms with Gasteiger partial charge in [0.1, 0.15) is 0 Å². The van der Waals surface area contributed by atoms with Gasteiger partial charge in [-0.15, -0.1) is 0 Å². The molecule has 1 aromatic carbocycles. The van der Waals surface area contributed by atoms with Crippen molar-refractivity contribution >= 4 is 23.3 Å². The highest BCUT2D eigenvalue weighted by Gasteiger charge is 2.14. The molecule has 0 aliphatic rings. The van der Waals surface area contributed by atoms with Crippen molar-refractivity contribution in [3.05, 3.63) is 17.2 Å². The van der Waals surface area contributed by atoms with E-state index >= 15 is 0 Å². The van der Waals surface area contributed by atoms with Crippen LogP contribution in [-0.2, 0) is 0 Å². The minimum absolute atomic E-state index is 0.297. The molecule has 5 nitrogen and oxygen atoms in total. The van der Waals surface area contributed by atoms with Crippen molar-refractivity contribution < 1.29 is 14.3 Å². The SMILES string of the molecule is COc1c(Cl)ccc(NC([NH])=O)c1OC. The lowest BCUT2D eigenvalue weighted by atomic mass is 10.2. The van der Waals surface area contributed by atoms with Gasteiger partial charge in [0.05, 0.1) is 24.9 Å². The quantitative estimate of drug-likeness (QED) is 0.864. The highest BCUT2D eigenvalue weighted by Crippen LogP contribution is 2.40. The molecule has 0 atom stereocenters. The monoisotopic (exact) mass is 229 g/mol. The van der Waals surface area contributed by atoms with Gasteiger partial charge in [0.25, 0.3) is 0 Å². The van der Waals surface area contributed by atoms with Crippen LogP contribution in [0.4, 0.5) is 10.5 Å². The molecule has 0 spiro atoms. The Morgan fingerprint density at radius 1 is 1.33 bits per heavy atom. The zero-order valence-electron chi connectivity index (χ0n) is 8.26. The van der Waals surface area contributed by atoms with E-state index in [1.165, 1.54) is 20.3 Å². The molecule has 0 unspecified atom stereocenters. The molecule has 1 aromatic rings. The maximum Gasteiger partial charge on any atom is 0.338 e. The lowest BCUT2D eigenvalue weighted by Crippen LogP contribution is -2.10. The van der Waals surface area contributed by atoms with Crippen molar-refractivity contribution in [2.75, 3.05) is 19.5 Å². The number of ether oxygens (including phenoxy) is 2. The molecule has 2 N–H and O–H groups in total. The summed E-state index contributed by atoms with van der Waals surface area (Å²) in [6.45, 7) is 0. The van der Waals surface area contributed by atoms with E-state index in [1.54, 1.807) is 6.07 Å². The number of benzene rings is 1. The number of rotatable bonds is 3. The molecule has 2 amide bonds. The first-order valence-electron chi connectivity index (χ1n) is 4.03. The Morgan fingerprint density at radius 2 is 1.93 bits per heavy atom. The summed E-state index contributed by atoms with van der Waals surface area (Å²) in [4.78, 5) is 10.6. The lowest BCUT2D eigenvalue weighted by molar-refractivity contribution is 0.258. The van der Waals surface area contributed by atoms with Crippen molar-refractivity contribution in [1.29, 1.82) is 0 Å². The number of carbonyl (C=O) groups is 1. The topological polar surface area (TPSA) is 71.4 Å².